The predicted molar refractivity (Wildman–Crippen MR) is 94.1 cm³/mol. The first-order valence-electron chi connectivity index (χ1n) is 8.38. The van der Waals surface area contributed by atoms with Crippen LogP contribution < -0.4 is 4.90 Å². The molecule has 0 amide bonds. The number of fused-ring (bicyclic) bond motifs is 3. The van der Waals surface area contributed by atoms with E-state index >= 15 is 0 Å². The quantitative estimate of drug-likeness (QED) is 0.719. The fraction of sp³-hybridized carbons (Fsp3) is 0.389. The summed E-state index contributed by atoms with van der Waals surface area (Å²) in [6.07, 6.45) is 9.85. The molecule has 116 valence electrons. The molecule has 1 aliphatic heterocycles. The molecule has 0 bridgehead atoms. The van der Waals surface area contributed by atoms with Crippen LogP contribution in [0.5, 0.6) is 0 Å². The molecule has 3 aromatic rings. The standard InChI is InChI=1S/C18H18N4S/c1-2-10-22(9-1)17-15-13-6-3-7-14(13)23-18(15)21-16(20-17)12-5-4-8-19-11-12/h4-5,8,11H,1-3,6-7,9-10H2. The highest BCUT2D eigenvalue weighted by Crippen LogP contribution is 2.42. The van der Waals surface area contributed by atoms with Gasteiger partial charge in [-0.2, -0.15) is 0 Å². The lowest BCUT2D eigenvalue weighted by Gasteiger charge is -2.19. The van der Waals surface area contributed by atoms with Crippen molar-refractivity contribution >= 4 is 27.4 Å². The van der Waals surface area contributed by atoms with Gasteiger partial charge in [0, 0.05) is 35.9 Å². The number of rotatable bonds is 2. The monoisotopic (exact) mass is 322 g/mol. The van der Waals surface area contributed by atoms with Crippen LogP contribution >= 0.6 is 11.3 Å². The van der Waals surface area contributed by atoms with Crippen LogP contribution in [0, 0.1) is 0 Å². The van der Waals surface area contributed by atoms with Crippen molar-refractivity contribution in [3.63, 3.8) is 0 Å². The van der Waals surface area contributed by atoms with Gasteiger partial charge in [-0.15, -0.1) is 11.3 Å². The summed E-state index contributed by atoms with van der Waals surface area (Å²) in [5.74, 6) is 1.97. The normalized spacial score (nSPS) is 17.1. The maximum absolute atomic E-state index is 4.98. The van der Waals surface area contributed by atoms with E-state index < -0.39 is 0 Å². The van der Waals surface area contributed by atoms with Crippen LogP contribution in [0.1, 0.15) is 29.7 Å². The van der Waals surface area contributed by atoms with Gasteiger partial charge in [0.15, 0.2) is 5.82 Å². The highest BCUT2D eigenvalue weighted by Gasteiger charge is 2.26. The molecule has 0 unspecified atom stereocenters. The predicted octanol–water partition coefficient (Wildman–Crippen LogP) is 3.84. The van der Waals surface area contributed by atoms with Crippen LogP contribution in [0.2, 0.25) is 0 Å². The first-order chi connectivity index (χ1) is 11.4. The van der Waals surface area contributed by atoms with Crippen LogP contribution in [-0.2, 0) is 12.8 Å². The zero-order valence-corrected chi connectivity index (χ0v) is 13.8. The average Bonchev–Trinajstić information content (AvgIpc) is 3.31. The van der Waals surface area contributed by atoms with Gasteiger partial charge >= 0.3 is 0 Å². The Morgan fingerprint density at radius 3 is 2.78 bits per heavy atom. The molecule has 5 rings (SSSR count). The Hall–Kier alpha value is -2.01. The molecule has 0 spiro atoms. The first kappa shape index (κ1) is 13.4. The molecule has 0 radical (unpaired) electrons. The lowest BCUT2D eigenvalue weighted by molar-refractivity contribution is 0.913. The minimum absolute atomic E-state index is 0.812. The van der Waals surface area contributed by atoms with Crippen LogP contribution in [0.15, 0.2) is 24.5 Å². The molecule has 1 saturated heterocycles. The van der Waals surface area contributed by atoms with E-state index in [1.54, 1.807) is 6.20 Å². The number of nitrogens with zero attached hydrogens (tertiary/aromatic N) is 4. The third-order valence-corrected chi connectivity index (χ3v) is 6.06. The SMILES string of the molecule is c1cncc(-c2nc(N3CCCC3)c3c4c(sc3n2)CCC4)c1. The van der Waals surface area contributed by atoms with Gasteiger partial charge in [-0.05, 0) is 49.8 Å². The lowest BCUT2D eigenvalue weighted by Crippen LogP contribution is -2.20. The molecule has 4 heterocycles. The first-order valence-corrected chi connectivity index (χ1v) is 9.19. The van der Waals surface area contributed by atoms with Gasteiger partial charge in [0.05, 0.1) is 5.39 Å². The fourth-order valence-corrected chi connectivity index (χ4v) is 5.01. The Balaban J connectivity index is 1.76. The third-order valence-electron chi connectivity index (χ3n) is 4.87. The Kier molecular flexibility index (Phi) is 3.08. The number of thiophene rings is 1. The van der Waals surface area contributed by atoms with E-state index in [9.17, 15) is 0 Å². The van der Waals surface area contributed by atoms with Crippen molar-refractivity contribution in [2.45, 2.75) is 32.1 Å². The zero-order chi connectivity index (χ0) is 15.2. The lowest BCUT2D eigenvalue weighted by atomic mass is 10.1. The number of anilines is 1. The highest BCUT2D eigenvalue weighted by atomic mass is 32.1. The Morgan fingerprint density at radius 1 is 1.04 bits per heavy atom. The Bertz CT molecular complexity index is 866. The smallest absolute Gasteiger partial charge is 0.164 e. The molecular weight excluding hydrogens is 304 g/mol. The topological polar surface area (TPSA) is 41.9 Å². The molecule has 0 N–H and O–H groups in total. The summed E-state index contributed by atoms with van der Waals surface area (Å²) in [6.45, 7) is 2.23. The number of pyridine rings is 1. The molecule has 0 saturated carbocycles. The average molecular weight is 322 g/mol. The van der Waals surface area contributed by atoms with Gasteiger partial charge in [0.1, 0.15) is 10.6 Å². The van der Waals surface area contributed by atoms with Crippen molar-refractivity contribution in [1.82, 2.24) is 15.0 Å². The second-order valence-electron chi connectivity index (χ2n) is 6.34. The number of hydrogen-bond acceptors (Lipinski definition) is 5. The summed E-state index contributed by atoms with van der Waals surface area (Å²) in [7, 11) is 0. The van der Waals surface area contributed by atoms with Gasteiger partial charge < -0.3 is 4.90 Å². The van der Waals surface area contributed by atoms with E-state index in [2.05, 4.69) is 9.88 Å². The minimum atomic E-state index is 0.812. The molecular formula is C18H18N4S. The van der Waals surface area contributed by atoms with Gasteiger partial charge in [-0.25, -0.2) is 9.97 Å². The van der Waals surface area contributed by atoms with Crippen molar-refractivity contribution in [3.05, 3.63) is 35.0 Å². The molecule has 1 aliphatic carbocycles. The van der Waals surface area contributed by atoms with E-state index in [0.717, 1.165) is 35.1 Å². The zero-order valence-electron chi connectivity index (χ0n) is 13.0. The van der Waals surface area contributed by atoms with Crippen molar-refractivity contribution in [1.29, 1.82) is 0 Å². The summed E-state index contributed by atoms with van der Waals surface area (Å²) in [4.78, 5) is 19.2. The van der Waals surface area contributed by atoms with E-state index in [0.29, 0.717) is 0 Å². The van der Waals surface area contributed by atoms with Crippen molar-refractivity contribution < 1.29 is 0 Å². The second-order valence-corrected chi connectivity index (χ2v) is 7.43. The molecule has 1 fully saturated rings. The molecule has 3 aromatic heterocycles. The molecule has 23 heavy (non-hydrogen) atoms. The molecule has 0 atom stereocenters. The second kappa shape index (κ2) is 5.27. The number of aryl methyl sites for hydroxylation is 2. The van der Waals surface area contributed by atoms with Gasteiger partial charge in [-0.1, -0.05) is 0 Å². The Labute approximate surface area is 139 Å². The van der Waals surface area contributed by atoms with Crippen molar-refractivity contribution in [3.8, 4) is 11.4 Å². The van der Waals surface area contributed by atoms with Gasteiger partial charge in [0.2, 0.25) is 0 Å². The van der Waals surface area contributed by atoms with Crippen molar-refractivity contribution in [2.24, 2.45) is 0 Å². The Morgan fingerprint density at radius 2 is 1.96 bits per heavy atom. The summed E-state index contributed by atoms with van der Waals surface area (Å²) >= 11 is 1.87. The highest BCUT2D eigenvalue weighted by molar-refractivity contribution is 7.19. The molecule has 4 nitrogen and oxygen atoms in total. The maximum Gasteiger partial charge on any atom is 0.164 e. The maximum atomic E-state index is 4.98. The summed E-state index contributed by atoms with van der Waals surface area (Å²) < 4.78 is 0. The van der Waals surface area contributed by atoms with Crippen LogP contribution in [0.4, 0.5) is 5.82 Å². The van der Waals surface area contributed by atoms with E-state index in [4.69, 9.17) is 9.97 Å². The summed E-state index contributed by atoms with van der Waals surface area (Å²) in [5.41, 5.74) is 2.52. The number of hydrogen-bond donors (Lipinski definition) is 0. The van der Waals surface area contributed by atoms with Crippen LogP contribution in [0.25, 0.3) is 21.6 Å². The fourth-order valence-electron chi connectivity index (χ4n) is 3.76. The van der Waals surface area contributed by atoms with Crippen molar-refractivity contribution in [2.75, 3.05) is 18.0 Å². The summed E-state index contributed by atoms with van der Waals surface area (Å²) in [6, 6.07) is 4.00. The van der Waals surface area contributed by atoms with E-state index in [1.165, 1.54) is 47.9 Å². The van der Waals surface area contributed by atoms with E-state index in [1.807, 2.05) is 29.7 Å². The molecule has 0 aromatic carbocycles. The number of aromatic nitrogens is 3. The van der Waals surface area contributed by atoms with Crippen LogP contribution in [0.3, 0.4) is 0 Å². The minimum Gasteiger partial charge on any atom is -0.356 e. The largest absolute Gasteiger partial charge is 0.356 e. The molecule has 2 aliphatic rings. The molecule has 5 heteroatoms. The van der Waals surface area contributed by atoms with Gasteiger partial charge in [0.25, 0.3) is 0 Å². The summed E-state index contributed by atoms with van der Waals surface area (Å²) in [5, 5.41) is 1.33. The van der Waals surface area contributed by atoms with E-state index in [-0.39, 0.29) is 0 Å². The third kappa shape index (κ3) is 2.14. The van der Waals surface area contributed by atoms with Crippen LogP contribution in [-0.4, -0.2) is 28.0 Å². The van der Waals surface area contributed by atoms with Gasteiger partial charge in [-0.3, -0.25) is 4.98 Å².